The van der Waals surface area contributed by atoms with Crippen LogP contribution in [0.1, 0.15) is 0 Å². The van der Waals surface area contributed by atoms with E-state index in [-0.39, 0.29) is 12.2 Å². The van der Waals surface area contributed by atoms with E-state index in [0.717, 1.165) is 37.4 Å². The molecule has 2 aromatic heterocycles. The van der Waals surface area contributed by atoms with Crippen molar-refractivity contribution in [2.24, 2.45) is 0 Å². The van der Waals surface area contributed by atoms with E-state index in [1.165, 1.54) is 6.07 Å². The fraction of sp³-hybridized carbons (Fsp3) is 0.364. The highest BCUT2D eigenvalue weighted by Crippen LogP contribution is 2.31. The normalized spacial score (nSPS) is 14.8. The first-order chi connectivity index (χ1) is 14.6. The number of aromatic nitrogens is 2. The van der Waals surface area contributed by atoms with Gasteiger partial charge in [0.05, 0.1) is 32.2 Å². The number of rotatable bonds is 6. The van der Waals surface area contributed by atoms with E-state index in [2.05, 4.69) is 14.8 Å². The highest BCUT2D eigenvalue weighted by Gasteiger charge is 2.17. The Labute approximate surface area is 174 Å². The number of hydrogen-bond donors (Lipinski definition) is 1. The summed E-state index contributed by atoms with van der Waals surface area (Å²) in [6.45, 7) is 4.39. The first-order valence-electron chi connectivity index (χ1n) is 9.97. The number of β-amino-alcohol motifs (C(OH)–C–C–N with tert-alkyl or cyclic N) is 1. The quantitative estimate of drug-likeness (QED) is 0.660. The van der Waals surface area contributed by atoms with Crippen LogP contribution in [0.2, 0.25) is 0 Å². The molecule has 1 aliphatic heterocycles. The predicted molar refractivity (Wildman–Crippen MR) is 116 cm³/mol. The largest absolute Gasteiger partial charge is 0.493 e. The third-order valence-corrected chi connectivity index (χ3v) is 5.48. The van der Waals surface area contributed by atoms with Gasteiger partial charge in [0, 0.05) is 50.6 Å². The Bertz CT molecular complexity index is 1090. The summed E-state index contributed by atoms with van der Waals surface area (Å²) in [5, 5.41) is 9.10. The lowest BCUT2D eigenvalue weighted by atomic mass is 10.1. The van der Waals surface area contributed by atoms with Crippen LogP contribution in [0, 0.1) is 0 Å². The summed E-state index contributed by atoms with van der Waals surface area (Å²) < 4.78 is 12.2. The summed E-state index contributed by atoms with van der Waals surface area (Å²) in [6.07, 6.45) is 1.85. The number of aliphatic hydroxyl groups is 1. The highest BCUT2D eigenvalue weighted by molar-refractivity contribution is 5.66. The summed E-state index contributed by atoms with van der Waals surface area (Å²) in [4.78, 5) is 22.0. The smallest absolute Gasteiger partial charge is 0.258 e. The van der Waals surface area contributed by atoms with E-state index >= 15 is 0 Å². The van der Waals surface area contributed by atoms with Crippen LogP contribution in [0.4, 0.5) is 5.69 Å². The lowest BCUT2D eigenvalue weighted by Crippen LogP contribution is -2.47. The zero-order chi connectivity index (χ0) is 21.1. The maximum Gasteiger partial charge on any atom is 0.258 e. The third kappa shape index (κ3) is 3.96. The Morgan fingerprint density at radius 1 is 1.00 bits per heavy atom. The number of benzene rings is 1. The Morgan fingerprint density at radius 2 is 1.77 bits per heavy atom. The average molecular weight is 410 g/mol. The Hall–Kier alpha value is -3.10. The molecule has 1 fully saturated rings. The van der Waals surface area contributed by atoms with Crippen molar-refractivity contribution in [1.29, 1.82) is 0 Å². The SMILES string of the molecule is COc1ccc(-c2cc(=O)n3cc(N4CCN(CCO)CC4)ccc3n2)cc1OC. The number of anilines is 1. The van der Waals surface area contributed by atoms with Crippen molar-refractivity contribution in [3.8, 4) is 22.8 Å². The van der Waals surface area contributed by atoms with Crippen molar-refractivity contribution in [2.75, 3.05) is 58.5 Å². The number of hydrogen-bond acceptors (Lipinski definition) is 7. The number of fused-ring (bicyclic) bond motifs is 1. The fourth-order valence-electron chi connectivity index (χ4n) is 3.79. The molecule has 0 spiro atoms. The molecule has 1 saturated heterocycles. The van der Waals surface area contributed by atoms with Crippen LogP contribution < -0.4 is 19.9 Å². The maximum absolute atomic E-state index is 12.8. The number of nitrogens with zero attached hydrogens (tertiary/aromatic N) is 4. The second kappa shape index (κ2) is 8.73. The van der Waals surface area contributed by atoms with E-state index < -0.39 is 0 Å². The maximum atomic E-state index is 12.8. The lowest BCUT2D eigenvalue weighted by molar-refractivity contribution is 0.189. The predicted octanol–water partition coefficient (Wildman–Crippen LogP) is 1.49. The molecule has 8 heteroatoms. The lowest BCUT2D eigenvalue weighted by Gasteiger charge is -2.35. The van der Waals surface area contributed by atoms with E-state index in [0.29, 0.717) is 29.4 Å². The molecule has 1 aromatic carbocycles. The fourth-order valence-corrected chi connectivity index (χ4v) is 3.79. The number of piperazine rings is 1. The number of methoxy groups -OCH3 is 2. The molecule has 3 heterocycles. The van der Waals surface area contributed by atoms with Crippen LogP contribution >= 0.6 is 0 Å². The molecule has 4 rings (SSSR count). The number of pyridine rings is 1. The Morgan fingerprint density at radius 3 is 2.47 bits per heavy atom. The summed E-state index contributed by atoms with van der Waals surface area (Å²) in [7, 11) is 3.16. The zero-order valence-electron chi connectivity index (χ0n) is 17.2. The van der Waals surface area contributed by atoms with Crippen molar-refractivity contribution >= 4 is 11.3 Å². The molecule has 0 bridgehead atoms. The van der Waals surface area contributed by atoms with Gasteiger partial charge in [-0.1, -0.05) is 0 Å². The molecule has 158 valence electrons. The van der Waals surface area contributed by atoms with E-state index in [1.807, 2.05) is 30.5 Å². The van der Waals surface area contributed by atoms with Crippen LogP contribution in [-0.2, 0) is 0 Å². The van der Waals surface area contributed by atoms with Crippen LogP contribution in [-0.4, -0.2) is 72.9 Å². The minimum absolute atomic E-state index is 0.134. The standard InChI is InChI=1S/C22H26N4O4/c1-29-19-5-3-16(13-20(19)30-2)18-14-22(28)26-15-17(4-6-21(26)23-18)25-9-7-24(8-10-25)11-12-27/h3-6,13-15,27H,7-12H2,1-2H3. The van der Waals surface area contributed by atoms with Crippen LogP contribution in [0.3, 0.4) is 0 Å². The zero-order valence-corrected chi connectivity index (χ0v) is 17.2. The molecule has 1 aliphatic rings. The summed E-state index contributed by atoms with van der Waals surface area (Å²) in [6, 6.07) is 10.9. The van der Waals surface area contributed by atoms with Gasteiger partial charge >= 0.3 is 0 Å². The molecule has 0 unspecified atom stereocenters. The van der Waals surface area contributed by atoms with Crippen LogP contribution in [0.15, 0.2) is 47.4 Å². The van der Waals surface area contributed by atoms with Gasteiger partial charge in [-0.05, 0) is 30.3 Å². The first-order valence-corrected chi connectivity index (χ1v) is 9.97. The van der Waals surface area contributed by atoms with E-state index in [4.69, 9.17) is 14.6 Å². The van der Waals surface area contributed by atoms with Gasteiger partial charge in [-0.3, -0.25) is 14.1 Å². The molecule has 30 heavy (non-hydrogen) atoms. The monoisotopic (exact) mass is 410 g/mol. The summed E-state index contributed by atoms with van der Waals surface area (Å²) in [5.74, 6) is 1.22. The Kier molecular flexibility index (Phi) is 5.87. The molecule has 3 aromatic rings. The molecule has 8 nitrogen and oxygen atoms in total. The van der Waals surface area contributed by atoms with Crippen molar-refractivity contribution in [3.05, 3.63) is 52.9 Å². The van der Waals surface area contributed by atoms with Gasteiger partial charge in [0.1, 0.15) is 5.65 Å². The molecular weight excluding hydrogens is 384 g/mol. The number of aliphatic hydroxyl groups excluding tert-OH is 1. The second-order valence-electron chi connectivity index (χ2n) is 7.22. The second-order valence-corrected chi connectivity index (χ2v) is 7.22. The van der Waals surface area contributed by atoms with Crippen molar-refractivity contribution in [1.82, 2.24) is 14.3 Å². The molecule has 0 radical (unpaired) electrons. The molecule has 0 amide bonds. The molecule has 0 atom stereocenters. The summed E-state index contributed by atoms with van der Waals surface area (Å²) >= 11 is 0. The third-order valence-electron chi connectivity index (χ3n) is 5.48. The van der Waals surface area contributed by atoms with E-state index in [1.54, 1.807) is 24.7 Å². The molecule has 0 aliphatic carbocycles. The van der Waals surface area contributed by atoms with Crippen LogP contribution in [0.25, 0.3) is 16.9 Å². The molecular formula is C22H26N4O4. The summed E-state index contributed by atoms with van der Waals surface area (Å²) in [5.41, 5.74) is 2.83. The van der Waals surface area contributed by atoms with Crippen molar-refractivity contribution in [2.45, 2.75) is 0 Å². The Balaban J connectivity index is 1.63. The van der Waals surface area contributed by atoms with Gasteiger partial charge in [-0.15, -0.1) is 0 Å². The van der Waals surface area contributed by atoms with Crippen LogP contribution in [0.5, 0.6) is 11.5 Å². The minimum Gasteiger partial charge on any atom is -0.493 e. The molecule has 1 N–H and O–H groups in total. The van der Waals surface area contributed by atoms with Gasteiger partial charge in [-0.2, -0.15) is 0 Å². The van der Waals surface area contributed by atoms with Gasteiger partial charge in [0.2, 0.25) is 0 Å². The number of ether oxygens (including phenoxy) is 2. The van der Waals surface area contributed by atoms with Gasteiger partial charge in [-0.25, -0.2) is 4.98 Å². The van der Waals surface area contributed by atoms with Crippen molar-refractivity contribution in [3.63, 3.8) is 0 Å². The topological polar surface area (TPSA) is 79.5 Å². The average Bonchev–Trinajstić information content (AvgIpc) is 2.79. The highest BCUT2D eigenvalue weighted by atomic mass is 16.5. The van der Waals surface area contributed by atoms with Gasteiger partial charge < -0.3 is 19.5 Å². The van der Waals surface area contributed by atoms with Gasteiger partial charge in [0.15, 0.2) is 11.5 Å². The van der Waals surface area contributed by atoms with E-state index in [9.17, 15) is 4.79 Å². The molecule has 0 saturated carbocycles. The minimum atomic E-state index is -0.134. The van der Waals surface area contributed by atoms with Crippen molar-refractivity contribution < 1.29 is 14.6 Å². The first kappa shape index (κ1) is 20.2. The van der Waals surface area contributed by atoms with Gasteiger partial charge in [0.25, 0.3) is 5.56 Å².